The highest BCUT2D eigenvalue weighted by atomic mass is 79.9. The fraction of sp³-hybridized carbons (Fsp3) is 0.125. The van der Waals surface area contributed by atoms with Gasteiger partial charge in [0, 0.05) is 8.95 Å². The van der Waals surface area contributed by atoms with Crippen molar-refractivity contribution in [1.29, 1.82) is 0 Å². The van der Waals surface area contributed by atoms with Crippen LogP contribution in [0.2, 0.25) is 0 Å². The summed E-state index contributed by atoms with van der Waals surface area (Å²) in [5.74, 6) is 0. The van der Waals surface area contributed by atoms with E-state index in [0.29, 0.717) is 5.69 Å². The zero-order valence-electron chi connectivity index (χ0n) is 6.80. The zero-order valence-corrected chi connectivity index (χ0v) is 9.98. The first-order valence-corrected chi connectivity index (χ1v) is 5.02. The van der Waals surface area contributed by atoms with Gasteiger partial charge in [0.2, 0.25) is 0 Å². The first kappa shape index (κ1) is 10.5. The molecule has 1 rings (SSSR count). The lowest BCUT2D eigenvalue weighted by Gasteiger charge is -2.05. The number of benzene rings is 1. The highest BCUT2D eigenvalue weighted by molar-refractivity contribution is 9.11. The average Bonchev–Trinajstić information content (AvgIpc) is 2.11. The molecule has 1 N–H and O–H groups in total. The third-order valence-electron chi connectivity index (χ3n) is 1.35. The number of methoxy groups -OCH3 is 1. The van der Waals surface area contributed by atoms with Gasteiger partial charge in [0.1, 0.15) is 0 Å². The lowest BCUT2D eigenvalue weighted by molar-refractivity contribution is 0.187. The van der Waals surface area contributed by atoms with E-state index in [4.69, 9.17) is 0 Å². The highest BCUT2D eigenvalue weighted by Crippen LogP contribution is 2.26. The van der Waals surface area contributed by atoms with Crippen molar-refractivity contribution in [3.8, 4) is 0 Å². The summed E-state index contributed by atoms with van der Waals surface area (Å²) >= 11 is 6.59. The second kappa shape index (κ2) is 4.62. The van der Waals surface area contributed by atoms with Gasteiger partial charge >= 0.3 is 6.09 Å². The standard InChI is InChI=1S/C8H7Br2NO2/c1-13-8(12)11-7-4-5(9)2-3-6(7)10/h2-4H,1H3,(H,11,12). The second-order valence-corrected chi connectivity index (χ2v) is 4.01. The zero-order chi connectivity index (χ0) is 9.84. The maximum atomic E-state index is 10.9. The number of ether oxygens (including phenoxy) is 1. The Labute approximate surface area is 92.7 Å². The number of carbonyl (C=O) groups is 1. The molecule has 0 aliphatic rings. The summed E-state index contributed by atoms with van der Waals surface area (Å²) in [5, 5.41) is 2.56. The molecule has 0 aliphatic carbocycles. The first-order chi connectivity index (χ1) is 6.13. The molecule has 0 atom stereocenters. The van der Waals surface area contributed by atoms with Gasteiger partial charge in [-0.2, -0.15) is 0 Å². The number of halogens is 2. The Balaban J connectivity index is 2.87. The largest absolute Gasteiger partial charge is 0.453 e. The quantitative estimate of drug-likeness (QED) is 0.863. The summed E-state index contributed by atoms with van der Waals surface area (Å²) in [6.07, 6.45) is -0.487. The number of nitrogens with one attached hydrogen (secondary N) is 1. The molecule has 0 aromatic heterocycles. The van der Waals surface area contributed by atoms with Gasteiger partial charge in [0.25, 0.3) is 0 Å². The van der Waals surface area contributed by atoms with E-state index in [0.717, 1.165) is 8.95 Å². The molecule has 0 bridgehead atoms. The SMILES string of the molecule is COC(=O)Nc1cc(Br)ccc1Br. The van der Waals surface area contributed by atoms with Crippen molar-refractivity contribution >= 4 is 43.6 Å². The fourth-order valence-corrected chi connectivity index (χ4v) is 1.46. The van der Waals surface area contributed by atoms with Crippen LogP contribution in [0, 0.1) is 0 Å². The van der Waals surface area contributed by atoms with Gasteiger partial charge in [-0.3, -0.25) is 5.32 Å². The van der Waals surface area contributed by atoms with Crippen LogP contribution < -0.4 is 5.32 Å². The third kappa shape index (κ3) is 3.00. The molecule has 0 fully saturated rings. The minimum atomic E-state index is -0.487. The molecule has 0 spiro atoms. The van der Waals surface area contributed by atoms with Crippen LogP contribution in [0.5, 0.6) is 0 Å². The van der Waals surface area contributed by atoms with Crippen LogP contribution in [0.4, 0.5) is 10.5 Å². The summed E-state index contributed by atoms with van der Waals surface area (Å²) in [5.41, 5.74) is 0.668. The Kier molecular flexibility index (Phi) is 3.74. The molecule has 3 nitrogen and oxygen atoms in total. The predicted molar refractivity (Wildman–Crippen MR) is 57.9 cm³/mol. The Morgan fingerprint density at radius 1 is 1.46 bits per heavy atom. The van der Waals surface area contributed by atoms with Crippen LogP contribution in [0.3, 0.4) is 0 Å². The lowest BCUT2D eigenvalue weighted by atomic mass is 10.3. The Hall–Kier alpha value is -0.550. The normalized spacial score (nSPS) is 9.46. The van der Waals surface area contributed by atoms with Gasteiger partial charge in [-0.15, -0.1) is 0 Å². The number of carbonyl (C=O) groups excluding carboxylic acids is 1. The average molecular weight is 309 g/mol. The molecule has 0 saturated carbocycles. The summed E-state index contributed by atoms with van der Waals surface area (Å²) < 4.78 is 6.16. The van der Waals surface area contributed by atoms with Crippen LogP contribution in [-0.2, 0) is 4.74 Å². The third-order valence-corrected chi connectivity index (χ3v) is 2.54. The molecule has 0 heterocycles. The van der Waals surface area contributed by atoms with Gasteiger partial charge in [0.05, 0.1) is 12.8 Å². The van der Waals surface area contributed by atoms with Crippen molar-refractivity contribution in [2.45, 2.75) is 0 Å². The van der Waals surface area contributed by atoms with E-state index < -0.39 is 6.09 Å². The smallest absolute Gasteiger partial charge is 0.411 e. The number of rotatable bonds is 1. The lowest BCUT2D eigenvalue weighted by Crippen LogP contribution is -2.11. The van der Waals surface area contributed by atoms with Crippen LogP contribution in [0.15, 0.2) is 27.1 Å². The van der Waals surface area contributed by atoms with Crippen LogP contribution in [-0.4, -0.2) is 13.2 Å². The molecule has 0 radical (unpaired) electrons. The number of hydrogen-bond donors (Lipinski definition) is 1. The topological polar surface area (TPSA) is 38.3 Å². The molecule has 5 heteroatoms. The molecule has 1 amide bonds. The Bertz CT molecular complexity index is 328. The molecule has 13 heavy (non-hydrogen) atoms. The second-order valence-electron chi connectivity index (χ2n) is 2.24. The van der Waals surface area contributed by atoms with Gasteiger partial charge < -0.3 is 4.74 Å². The van der Waals surface area contributed by atoms with E-state index in [1.165, 1.54) is 7.11 Å². The van der Waals surface area contributed by atoms with Crippen molar-refractivity contribution < 1.29 is 9.53 Å². The molecule has 1 aromatic rings. The summed E-state index contributed by atoms with van der Waals surface area (Å²) in [4.78, 5) is 10.9. The molecule has 0 aliphatic heterocycles. The van der Waals surface area contributed by atoms with E-state index in [-0.39, 0.29) is 0 Å². The predicted octanol–water partition coefficient (Wildman–Crippen LogP) is 3.39. The monoisotopic (exact) mass is 307 g/mol. The van der Waals surface area contributed by atoms with E-state index in [1.807, 2.05) is 12.1 Å². The Morgan fingerprint density at radius 2 is 2.15 bits per heavy atom. The van der Waals surface area contributed by atoms with Gasteiger partial charge in [-0.1, -0.05) is 15.9 Å². The van der Waals surface area contributed by atoms with Crippen LogP contribution in [0.25, 0.3) is 0 Å². The van der Waals surface area contributed by atoms with E-state index in [1.54, 1.807) is 6.07 Å². The maximum Gasteiger partial charge on any atom is 0.411 e. The minimum absolute atomic E-state index is 0.487. The van der Waals surface area contributed by atoms with Crippen LogP contribution in [0.1, 0.15) is 0 Å². The van der Waals surface area contributed by atoms with Crippen molar-refractivity contribution in [1.82, 2.24) is 0 Å². The number of amides is 1. The van der Waals surface area contributed by atoms with Crippen molar-refractivity contribution in [3.63, 3.8) is 0 Å². The maximum absolute atomic E-state index is 10.9. The Morgan fingerprint density at radius 3 is 2.77 bits per heavy atom. The van der Waals surface area contributed by atoms with E-state index in [9.17, 15) is 4.79 Å². The highest BCUT2D eigenvalue weighted by Gasteiger charge is 2.04. The number of hydrogen-bond acceptors (Lipinski definition) is 2. The van der Waals surface area contributed by atoms with Crippen molar-refractivity contribution in [2.75, 3.05) is 12.4 Å². The molecule has 0 unspecified atom stereocenters. The molecule has 1 aromatic carbocycles. The van der Waals surface area contributed by atoms with Gasteiger partial charge in [0.15, 0.2) is 0 Å². The molecular weight excluding hydrogens is 302 g/mol. The molecular formula is C8H7Br2NO2. The summed E-state index contributed by atoms with van der Waals surface area (Å²) in [6, 6.07) is 5.48. The van der Waals surface area contributed by atoms with E-state index in [2.05, 4.69) is 41.9 Å². The van der Waals surface area contributed by atoms with Crippen molar-refractivity contribution in [3.05, 3.63) is 27.1 Å². The molecule has 70 valence electrons. The summed E-state index contributed by atoms with van der Waals surface area (Å²) in [6.45, 7) is 0. The summed E-state index contributed by atoms with van der Waals surface area (Å²) in [7, 11) is 1.32. The fourth-order valence-electron chi connectivity index (χ4n) is 0.754. The van der Waals surface area contributed by atoms with Gasteiger partial charge in [-0.05, 0) is 34.1 Å². The number of anilines is 1. The first-order valence-electron chi connectivity index (χ1n) is 3.43. The minimum Gasteiger partial charge on any atom is -0.453 e. The van der Waals surface area contributed by atoms with Crippen molar-refractivity contribution in [2.24, 2.45) is 0 Å². The van der Waals surface area contributed by atoms with E-state index >= 15 is 0 Å². The molecule has 0 saturated heterocycles. The van der Waals surface area contributed by atoms with Gasteiger partial charge in [-0.25, -0.2) is 4.79 Å². The van der Waals surface area contributed by atoms with Crippen LogP contribution >= 0.6 is 31.9 Å².